The smallest absolute Gasteiger partial charge is 0.158 e. The van der Waals surface area contributed by atoms with Crippen molar-refractivity contribution in [3.05, 3.63) is 42.2 Å². The Bertz CT molecular complexity index is 524. The fraction of sp³-hybridized carbons (Fsp3) is 0.438. The van der Waals surface area contributed by atoms with Crippen LogP contribution in [0.4, 0.5) is 0 Å². The van der Waals surface area contributed by atoms with Gasteiger partial charge >= 0.3 is 0 Å². The number of rotatable bonds is 3. The molecule has 0 bridgehead atoms. The summed E-state index contributed by atoms with van der Waals surface area (Å²) in [4.78, 5) is 0. The highest BCUT2D eigenvalue weighted by Gasteiger charge is 2.15. The zero-order valence-electron chi connectivity index (χ0n) is 11.4. The Balaban J connectivity index is 1.70. The van der Waals surface area contributed by atoms with Crippen molar-refractivity contribution in [2.45, 2.75) is 45.1 Å². The second kappa shape index (κ2) is 5.47. The van der Waals surface area contributed by atoms with E-state index in [0.29, 0.717) is 6.10 Å². The van der Waals surface area contributed by atoms with Gasteiger partial charge in [0.15, 0.2) is 5.75 Å². The van der Waals surface area contributed by atoms with E-state index >= 15 is 0 Å². The third-order valence-corrected chi connectivity index (χ3v) is 3.71. The Hall–Kier alpha value is -1.77. The zero-order chi connectivity index (χ0) is 13.1. The third kappa shape index (κ3) is 2.98. The molecule has 0 unspecified atom stereocenters. The highest BCUT2D eigenvalue weighted by Crippen LogP contribution is 2.23. The van der Waals surface area contributed by atoms with Crippen LogP contribution in [0.2, 0.25) is 0 Å². The number of hydrogen-bond acceptors (Lipinski definition) is 2. The average molecular weight is 256 g/mol. The Morgan fingerprint density at radius 2 is 1.84 bits per heavy atom. The fourth-order valence-corrected chi connectivity index (χ4v) is 2.58. The summed E-state index contributed by atoms with van der Waals surface area (Å²) in [6, 6.07) is 8.34. The summed E-state index contributed by atoms with van der Waals surface area (Å²) >= 11 is 0. The van der Waals surface area contributed by atoms with Gasteiger partial charge in [0, 0.05) is 0 Å². The lowest BCUT2D eigenvalue weighted by atomic mass is 9.98. The summed E-state index contributed by atoms with van der Waals surface area (Å²) in [5.41, 5.74) is 2.33. The quantitative estimate of drug-likeness (QED) is 0.833. The first-order valence-electron chi connectivity index (χ1n) is 7.10. The van der Waals surface area contributed by atoms with E-state index in [1.165, 1.54) is 37.7 Å². The molecule has 1 aliphatic carbocycles. The van der Waals surface area contributed by atoms with Gasteiger partial charge in [-0.1, -0.05) is 24.1 Å². The Labute approximate surface area is 114 Å². The summed E-state index contributed by atoms with van der Waals surface area (Å²) in [6.45, 7) is 2.09. The van der Waals surface area contributed by atoms with Gasteiger partial charge in [-0.05, 0) is 44.7 Å². The van der Waals surface area contributed by atoms with Crippen LogP contribution in [0.3, 0.4) is 0 Å². The molecule has 1 aromatic heterocycles. The molecule has 0 N–H and O–H groups in total. The van der Waals surface area contributed by atoms with E-state index in [4.69, 9.17) is 4.74 Å². The summed E-state index contributed by atoms with van der Waals surface area (Å²) in [7, 11) is 0. The molecule has 0 saturated heterocycles. The molecule has 0 spiro atoms. The second-order valence-electron chi connectivity index (χ2n) is 5.33. The van der Waals surface area contributed by atoms with Crippen molar-refractivity contribution in [1.29, 1.82) is 0 Å². The number of benzene rings is 1. The number of nitrogens with zero attached hydrogens (tertiary/aromatic N) is 2. The molecule has 19 heavy (non-hydrogen) atoms. The molecule has 1 saturated carbocycles. The van der Waals surface area contributed by atoms with Crippen LogP contribution in [0.15, 0.2) is 36.7 Å². The summed E-state index contributed by atoms with van der Waals surface area (Å²) in [6.07, 6.45) is 10.4. The molecule has 1 aromatic carbocycles. The van der Waals surface area contributed by atoms with Gasteiger partial charge in [0.25, 0.3) is 0 Å². The van der Waals surface area contributed by atoms with E-state index in [1.807, 2.05) is 17.1 Å². The Kier molecular flexibility index (Phi) is 3.53. The van der Waals surface area contributed by atoms with E-state index < -0.39 is 0 Å². The molecule has 100 valence electrons. The van der Waals surface area contributed by atoms with Crippen LogP contribution in [0.5, 0.6) is 5.75 Å². The standard InChI is InChI=1S/C16H20N2O/c1-13-7-9-14(10-8-13)18-12-16(11-17-18)19-15-5-3-2-4-6-15/h7-12,15H,2-6H2,1H3. The van der Waals surface area contributed by atoms with Crippen molar-refractivity contribution in [2.75, 3.05) is 0 Å². The maximum Gasteiger partial charge on any atom is 0.158 e. The highest BCUT2D eigenvalue weighted by molar-refractivity contribution is 5.34. The molecular formula is C16H20N2O. The molecule has 1 fully saturated rings. The maximum absolute atomic E-state index is 6.00. The summed E-state index contributed by atoms with van der Waals surface area (Å²) in [5, 5.41) is 4.37. The van der Waals surface area contributed by atoms with Gasteiger partial charge in [-0.15, -0.1) is 0 Å². The minimum atomic E-state index is 0.379. The van der Waals surface area contributed by atoms with Crippen LogP contribution < -0.4 is 4.74 Å². The molecule has 0 amide bonds. The molecule has 3 rings (SSSR count). The predicted octanol–water partition coefficient (Wildman–Crippen LogP) is 3.89. The van der Waals surface area contributed by atoms with Crippen LogP contribution >= 0.6 is 0 Å². The van der Waals surface area contributed by atoms with Crippen molar-refractivity contribution in [1.82, 2.24) is 9.78 Å². The van der Waals surface area contributed by atoms with Crippen LogP contribution in [0.25, 0.3) is 5.69 Å². The molecule has 3 heteroatoms. The van der Waals surface area contributed by atoms with E-state index in [9.17, 15) is 0 Å². The molecule has 2 aromatic rings. The monoisotopic (exact) mass is 256 g/mol. The zero-order valence-corrected chi connectivity index (χ0v) is 11.4. The predicted molar refractivity (Wildman–Crippen MR) is 75.8 cm³/mol. The van der Waals surface area contributed by atoms with Gasteiger partial charge in [0.1, 0.15) is 0 Å². The highest BCUT2D eigenvalue weighted by atomic mass is 16.5. The van der Waals surface area contributed by atoms with E-state index in [0.717, 1.165) is 11.4 Å². The van der Waals surface area contributed by atoms with Gasteiger partial charge < -0.3 is 4.74 Å². The van der Waals surface area contributed by atoms with Crippen molar-refractivity contribution >= 4 is 0 Å². The largest absolute Gasteiger partial charge is 0.487 e. The minimum Gasteiger partial charge on any atom is -0.487 e. The lowest BCUT2D eigenvalue weighted by molar-refractivity contribution is 0.155. The average Bonchev–Trinajstić information content (AvgIpc) is 2.89. The molecule has 0 atom stereocenters. The third-order valence-electron chi connectivity index (χ3n) is 3.71. The lowest BCUT2D eigenvalue weighted by Gasteiger charge is -2.21. The van der Waals surface area contributed by atoms with Crippen molar-refractivity contribution in [3.8, 4) is 11.4 Å². The maximum atomic E-state index is 6.00. The van der Waals surface area contributed by atoms with Crippen LogP contribution in [-0.2, 0) is 0 Å². The first-order chi connectivity index (χ1) is 9.31. The van der Waals surface area contributed by atoms with Gasteiger partial charge in [0.05, 0.1) is 24.2 Å². The Morgan fingerprint density at radius 1 is 1.11 bits per heavy atom. The van der Waals surface area contributed by atoms with Crippen molar-refractivity contribution < 1.29 is 4.74 Å². The number of ether oxygens (including phenoxy) is 1. The van der Waals surface area contributed by atoms with Crippen molar-refractivity contribution in [3.63, 3.8) is 0 Å². The lowest BCUT2D eigenvalue weighted by Crippen LogP contribution is -2.19. The topological polar surface area (TPSA) is 27.1 Å². The van der Waals surface area contributed by atoms with Gasteiger partial charge in [0.2, 0.25) is 0 Å². The Morgan fingerprint density at radius 3 is 2.58 bits per heavy atom. The van der Waals surface area contributed by atoms with E-state index in [2.05, 4.69) is 36.3 Å². The van der Waals surface area contributed by atoms with Crippen LogP contribution in [0.1, 0.15) is 37.7 Å². The second-order valence-corrected chi connectivity index (χ2v) is 5.33. The van der Waals surface area contributed by atoms with Crippen LogP contribution in [-0.4, -0.2) is 15.9 Å². The van der Waals surface area contributed by atoms with Gasteiger partial charge in [-0.25, -0.2) is 4.68 Å². The van der Waals surface area contributed by atoms with E-state index in [1.54, 1.807) is 0 Å². The first kappa shape index (κ1) is 12.3. The van der Waals surface area contributed by atoms with Gasteiger partial charge in [-0.2, -0.15) is 5.10 Å². The minimum absolute atomic E-state index is 0.379. The SMILES string of the molecule is Cc1ccc(-n2cc(OC3CCCCC3)cn2)cc1. The molecule has 3 nitrogen and oxygen atoms in total. The number of aromatic nitrogens is 2. The summed E-state index contributed by atoms with van der Waals surface area (Å²) in [5.74, 6) is 0.882. The molecule has 1 heterocycles. The number of hydrogen-bond donors (Lipinski definition) is 0. The van der Waals surface area contributed by atoms with Crippen molar-refractivity contribution in [2.24, 2.45) is 0 Å². The van der Waals surface area contributed by atoms with Gasteiger partial charge in [-0.3, -0.25) is 0 Å². The molecule has 0 radical (unpaired) electrons. The molecule has 0 aliphatic heterocycles. The number of aryl methyl sites for hydroxylation is 1. The van der Waals surface area contributed by atoms with E-state index in [-0.39, 0.29) is 0 Å². The summed E-state index contributed by atoms with van der Waals surface area (Å²) < 4.78 is 7.87. The normalized spacial score (nSPS) is 16.5. The molecule has 1 aliphatic rings. The van der Waals surface area contributed by atoms with Crippen LogP contribution in [0, 0.1) is 6.92 Å². The fourth-order valence-electron chi connectivity index (χ4n) is 2.58. The molecular weight excluding hydrogens is 236 g/mol. The first-order valence-corrected chi connectivity index (χ1v) is 7.10.